The number of pyridine rings is 1. The number of aliphatic hydroxyl groups is 1. The summed E-state index contributed by atoms with van der Waals surface area (Å²) in [5.41, 5.74) is 2.15. The van der Waals surface area contributed by atoms with Gasteiger partial charge in [0, 0.05) is 24.5 Å². The SMILES string of the molecule is OCCN(Cc1ccc2ccccc2n1)C1CCC1. The Labute approximate surface area is 113 Å². The maximum atomic E-state index is 9.19. The average molecular weight is 256 g/mol. The van der Waals surface area contributed by atoms with E-state index >= 15 is 0 Å². The standard InChI is InChI=1S/C16H20N2O/c19-11-10-18(15-5-3-6-15)12-14-9-8-13-4-1-2-7-16(13)17-14/h1-2,4,7-9,15,19H,3,5-6,10-12H2. The number of aromatic nitrogens is 1. The van der Waals surface area contributed by atoms with Crippen molar-refractivity contribution in [1.82, 2.24) is 9.88 Å². The van der Waals surface area contributed by atoms with Gasteiger partial charge in [-0.05, 0) is 25.0 Å². The summed E-state index contributed by atoms with van der Waals surface area (Å²) in [7, 11) is 0. The second kappa shape index (κ2) is 5.68. The van der Waals surface area contributed by atoms with Gasteiger partial charge in [-0.3, -0.25) is 9.88 Å². The first-order valence-corrected chi connectivity index (χ1v) is 7.06. The number of para-hydroxylation sites is 1. The van der Waals surface area contributed by atoms with Crippen LogP contribution in [0.1, 0.15) is 25.0 Å². The molecule has 0 amide bonds. The molecule has 0 unspecified atom stereocenters. The number of nitrogens with zero attached hydrogens (tertiary/aromatic N) is 2. The maximum Gasteiger partial charge on any atom is 0.0705 e. The number of fused-ring (bicyclic) bond motifs is 1. The molecule has 19 heavy (non-hydrogen) atoms. The molecule has 1 heterocycles. The van der Waals surface area contributed by atoms with Gasteiger partial charge in [-0.25, -0.2) is 0 Å². The highest BCUT2D eigenvalue weighted by Crippen LogP contribution is 2.26. The Balaban J connectivity index is 1.78. The molecule has 0 bridgehead atoms. The van der Waals surface area contributed by atoms with E-state index in [-0.39, 0.29) is 6.61 Å². The summed E-state index contributed by atoms with van der Waals surface area (Å²) in [6.45, 7) is 1.82. The molecule has 1 aromatic heterocycles. The van der Waals surface area contributed by atoms with Gasteiger partial charge in [0.25, 0.3) is 0 Å². The van der Waals surface area contributed by atoms with Crippen LogP contribution < -0.4 is 0 Å². The minimum atomic E-state index is 0.226. The second-order valence-electron chi connectivity index (χ2n) is 5.27. The quantitative estimate of drug-likeness (QED) is 0.893. The van der Waals surface area contributed by atoms with E-state index in [1.807, 2.05) is 12.1 Å². The molecular weight excluding hydrogens is 236 g/mol. The van der Waals surface area contributed by atoms with E-state index in [9.17, 15) is 5.11 Å². The van der Waals surface area contributed by atoms with Gasteiger partial charge in [-0.1, -0.05) is 30.7 Å². The number of aliphatic hydroxyl groups excluding tert-OH is 1. The zero-order valence-electron chi connectivity index (χ0n) is 11.1. The smallest absolute Gasteiger partial charge is 0.0705 e. The minimum Gasteiger partial charge on any atom is -0.395 e. The number of rotatable bonds is 5. The van der Waals surface area contributed by atoms with Crippen molar-refractivity contribution in [2.75, 3.05) is 13.2 Å². The fourth-order valence-corrected chi connectivity index (χ4v) is 2.68. The van der Waals surface area contributed by atoms with Crippen molar-refractivity contribution < 1.29 is 5.11 Å². The van der Waals surface area contributed by atoms with Gasteiger partial charge in [-0.15, -0.1) is 0 Å². The monoisotopic (exact) mass is 256 g/mol. The first-order chi connectivity index (χ1) is 9.36. The fourth-order valence-electron chi connectivity index (χ4n) is 2.68. The van der Waals surface area contributed by atoms with Crippen molar-refractivity contribution in [2.45, 2.75) is 31.8 Å². The molecule has 1 saturated carbocycles. The molecule has 1 aliphatic carbocycles. The summed E-state index contributed by atoms with van der Waals surface area (Å²) >= 11 is 0. The van der Waals surface area contributed by atoms with E-state index in [1.54, 1.807) is 0 Å². The molecule has 0 aliphatic heterocycles. The molecule has 3 nitrogen and oxygen atoms in total. The predicted molar refractivity (Wildman–Crippen MR) is 76.9 cm³/mol. The predicted octanol–water partition coefficient (Wildman–Crippen LogP) is 2.58. The van der Waals surface area contributed by atoms with Crippen LogP contribution in [0.25, 0.3) is 10.9 Å². The Bertz CT molecular complexity index is 551. The van der Waals surface area contributed by atoms with E-state index in [0.717, 1.165) is 24.3 Å². The number of hydrogen-bond acceptors (Lipinski definition) is 3. The lowest BCUT2D eigenvalue weighted by Crippen LogP contribution is -2.41. The molecule has 1 fully saturated rings. The van der Waals surface area contributed by atoms with E-state index in [0.29, 0.717) is 6.04 Å². The zero-order chi connectivity index (χ0) is 13.1. The Kier molecular flexibility index (Phi) is 3.76. The van der Waals surface area contributed by atoms with E-state index in [1.165, 1.54) is 24.6 Å². The molecule has 2 aromatic rings. The highest BCUT2D eigenvalue weighted by atomic mass is 16.3. The maximum absolute atomic E-state index is 9.19. The third-order valence-corrected chi connectivity index (χ3v) is 4.00. The van der Waals surface area contributed by atoms with Gasteiger partial charge in [0.15, 0.2) is 0 Å². The molecule has 1 N–H and O–H groups in total. The summed E-state index contributed by atoms with van der Waals surface area (Å²) in [6.07, 6.45) is 3.83. The molecule has 0 atom stereocenters. The van der Waals surface area contributed by atoms with Crippen molar-refractivity contribution in [2.24, 2.45) is 0 Å². The van der Waals surface area contributed by atoms with Gasteiger partial charge >= 0.3 is 0 Å². The van der Waals surface area contributed by atoms with Crippen molar-refractivity contribution in [3.8, 4) is 0 Å². The number of benzene rings is 1. The molecule has 0 radical (unpaired) electrons. The molecular formula is C16H20N2O. The molecule has 3 rings (SSSR count). The van der Waals surface area contributed by atoms with Crippen LogP contribution in [-0.2, 0) is 6.54 Å². The van der Waals surface area contributed by atoms with Gasteiger partial charge in [0.2, 0.25) is 0 Å². The number of hydrogen-bond donors (Lipinski definition) is 1. The highest BCUT2D eigenvalue weighted by Gasteiger charge is 2.24. The Morgan fingerprint density at radius 1 is 1.16 bits per heavy atom. The minimum absolute atomic E-state index is 0.226. The third-order valence-electron chi connectivity index (χ3n) is 4.00. The largest absolute Gasteiger partial charge is 0.395 e. The van der Waals surface area contributed by atoms with E-state index < -0.39 is 0 Å². The molecule has 0 spiro atoms. The molecule has 0 saturated heterocycles. The van der Waals surface area contributed by atoms with Gasteiger partial charge < -0.3 is 5.11 Å². The summed E-state index contributed by atoms with van der Waals surface area (Å²) < 4.78 is 0. The van der Waals surface area contributed by atoms with Gasteiger partial charge in [0.05, 0.1) is 17.8 Å². The second-order valence-corrected chi connectivity index (χ2v) is 5.27. The highest BCUT2D eigenvalue weighted by molar-refractivity contribution is 5.78. The average Bonchev–Trinajstić information content (AvgIpc) is 2.37. The van der Waals surface area contributed by atoms with E-state index in [2.05, 4.69) is 29.2 Å². The van der Waals surface area contributed by atoms with Gasteiger partial charge in [-0.2, -0.15) is 0 Å². The van der Waals surface area contributed by atoms with Crippen LogP contribution in [0.15, 0.2) is 36.4 Å². The summed E-state index contributed by atoms with van der Waals surface area (Å²) in [5.74, 6) is 0. The van der Waals surface area contributed by atoms with Crippen LogP contribution in [0.3, 0.4) is 0 Å². The molecule has 100 valence electrons. The first-order valence-electron chi connectivity index (χ1n) is 7.06. The zero-order valence-corrected chi connectivity index (χ0v) is 11.1. The van der Waals surface area contributed by atoms with Crippen LogP contribution in [0.2, 0.25) is 0 Å². The molecule has 1 aromatic carbocycles. The third kappa shape index (κ3) is 2.77. The lowest BCUT2D eigenvalue weighted by atomic mass is 9.91. The summed E-state index contributed by atoms with van der Waals surface area (Å²) in [4.78, 5) is 7.08. The van der Waals surface area contributed by atoms with Crippen molar-refractivity contribution in [1.29, 1.82) is 0 Å². The Morgan fingerprint density at radius 3 is 2.74 bits per heavy atom. The normalized spacial score (nSPS) is 15.9. The molecule has 1 aliphatic rings. The van der Waals surface area contributed by atoms with Crippen molar-refractivity contribution in [3.05, 3.63) is 42.1 Å². The fraction of sp³-hybridized carbons (Fsp3) is 0.438. The van der Waals surface area contributed by atoms with Crippen molar-refractivity contribution in [3.63, 3.8) is 0 Å². The molecule has 3 heteroatoms. The lowest BCUT2D eigenvalue weighted by molar-refractivity contribution is 0.0934. The summed E-state index contributed by atoms with van der Waals surface area (Å²) in [5, 5.41) is 10.4. The Morgan fingerprint density at radius 2 is 2.00 bits per heavy atom. The summed E-state index contributed by atoms with van der Waals surface area (Å²) in [6, 6.07) is 13.1. The van der Waals surface area contributed by atoms with Crippen LogP contribution >= 0.6 is 0 Å². The van der Waals surface area contributed by atoms with Gasteiger partial charge in [0.1, 0.15) is 0 Å². The van der Waals surface area contributed by atoms with E-state index in [4.69, 9.17) is 4.98 Å². The van der Waals surface area contributed by atoms with Crippen LogP contribution in [-0.4, -0.2) is 34.2 Å². The van der Waals surface area contributed by atoms with Crippen LogP contribution in [0, 0.1) is 0 Å². The van der Waals surface area contributed by atoms with Crippen molar-refractivity contribution >= 4 is 10.9 Å². The lowest BCUT2D eigenvalue weighted by Gasteiger charge is -2.37. The first kappa shape index (κ1) is 12.6. The topological polar surface area (TPSA) is 36.4 Å². The van der Waals surface area contributed by atoms with Crippen LogP contribution in [0.4, 0.5) is 0 Å². The van der Waals surface area contributed by atoms with Crippen LogP contribution in [0.5, 0.6) is 0 Å². The Hall–Kier alpha value is -1.45.